The van der Waals surface area contributed by atoms with Gasteiger partial charge in [0.05, 0.1) is 5.69 Å². The highest BCUT2D eigenvalue weighted by Gasteiger charge is 2.23. The number of aromatic nitrogens is 2. The molecule has 1 aliphatic rings. The summed E-state index contributed by atoms with van der Waals surface area (Å²) in [5, 5.41) is 4.66. The Hall–Kier alpha value is -0.790. The van der Waals surface area contributed by atoms with Gasteiger partial charge in [-0.25, -0.2) is 0 Å². The van der Waals surface area contributed by atoms with Crippen molar-refractivity contribution in [1.29, 1.82) is 0 Å². The fourth-order valence-electron chi connectivity index (χ4n) is 2.73. The largest absolute Gasteiger partial charge is 0.269 e. The molecule has 0 unspecified atom stereocenters. The van der Waals surface area contributed by atoms with E-state index in [1.807, 2.05) is 0 Å². The van der Waals surface area contributed by atoms with Crippen molar-refractivity contribution >= 4 is 0 Å². The number of hydrogen-bond acceptors (Lipinski definition) is 1. The van der Waals surface area contributed by atoms with Gasteiger partial charge < -0.3 is 0 Å². The lowest BCUT2D eigenvalue weighted by molar-refractivity contribution is 0.394. The summed E-state index contributed by atoms with van der Waals surface area (Å²) in [6.07, 6.45) is 5.61. The Balaban J connectivity index is 2.19. The maximum Gasteiger partial charge on any atom is 0.0596 e. The highest BCUT2D eigenvalue weighted by atomic mass is 15.3. The maximum atomic E-state index is 4.66. The van der Waals surface area contributed by atoms with E-state index in [1.54, 1.807) is 0 Å². The van der Waals surface area contributed by atoms with E-state index in [2.05, 4.69) is 43.5 Å². The van der Waals surface area contributed by atoms with Crippen LogP contribution < -0.4 is 0 Å². The van der Waals surface area contributed by atoms with Gasteiger partial charge in [-0.05, 0) is 31.7 Å². The zero-order valence-electron chi connectivity index (χ0n) is 11.1. The zero-order chi connectivity index (χ0) is 11.8. The van der Waals surface area contributed by atoms with Crippen molar-refractivity contribution in [2.24, 2.45) is 5.92 Å². The van der Waals surface area contributed by atoms with Gasteiger partial charge in [0.25, 0.3) is 0 Å². The summed E-state index contributed by atoms with van der Waals surface area (Å²) in [4.78, 5) is 0. The van der Waals surface area contributed by atoms with Crippen LogP contribution in [0.25, 0.3) is 0 Å². The van der Waals surface area contributed by atoms with E-state index in [0.29, 0.717) is 0 Å². The van der Waals surface area contributed by atoms with Crippen LogP contribution in [0, 0.1) is 12.8 Å². The van der Waals surface area contributed by atoms with Crippen LogP contribution in [0.1, 0.15) is 57.8 Å². The monoisotopic (exact) mass is 220 g/mol. The van der Waals surface area contributed by atoms with Crippen LogP contribution in [-0.4, -0.2) is 9.78 Å². The maximum absolute atomic E-state index is 4.66. The minimum absolute atomic E-state index is 0.208. The molecule has 1 fully saturated rings. The van der Waals surface area contributed by atoms with E-state index >= 15 is 0 Å². The molecule has 2 heteroatoms. The van der Waals surface area contributed by atoms with Gasteiger partial charge in [0.2, 0.25) is 0 Å². The summed E-state index contributed by atoms with van der Waals surface area (Å²) in [7, 11) is 0. The molecule has 0 saturated heterocycles. The first-order chi connectivity index (χ1) is 7.47. The van der Waals surface area contributed by atoms with Gasteiger partial charge in [-0.3, -0.25) is 4.68 Å². The smallest absolute Gasteiger partial charge is 0.0596 e. The number of hydrogen-bond donors (Lipinski definition) is 0. The third-order valence-corrected chi connectivity index (χ3v) is 3.58. The fraction of sp³-hybridized carbons (Fsp3) is 0.786. The number of nitrogens with zero attached hydrogens (tertiary/aromatic N) is 2. The molecule has 1 aromatic rings. The molecular weight excluding hydrogens is 196 g/mol. The van der Waals surface area contributed by atoms with E-state index in [0.717, 1.165) is 18.2 Å². The van der Waals surface area contributed by atoms with Crippen LogP contribution in [-0.2, 0) is 12.0 Å². The molecule has 2 nitrogen and oxygen atoms in total. The molecule has 1 heterocycles. The van der Waals surface area contributed by atoms with Gasteiger partial charge >= 0.3 is 0 Å². The second-order valence-corrected chi connectivity index (χ2v) is 6.25. The normalized spacial score (nSPS) is 18.2. The van der Waals surface area contributed by atoms with Gasteiger partial charge in [-0.2, -0.15) is 5.10 Å². The predicted octanol–water partition coefficient (Wildman–Crippen LogP) is 3.68. The van der Waals surface area contributed by atoms with Crippen molar-refractivity contribution in [2.75, 3.05) is 0 Å². The Bertz CT molecular complexity index is 351. The van der Waals surface area contributed by atoms with Crippen molar-refractivity contribution in [2.45, 2.75) is 65.3 Å². The molecule has 0 radical (unpaired) electrons. The second-order valence-electron chi connectivity index (χ2n) is 6.25. The van der Waals surface area contributed by atoms with Crippen LogP contribution >= 0.6 is 0 Å². The van der Waals surface area contributed by atoms with Crippen molar-refractivity contribution in [3.63, 3.8) is 0 Å². The van der Waals surface area contributed by atoms with E-state index in [9.17, 15) is 0 Å². The quantitative estimate of drug-likeness (QED) is 0.743. The standard InChI is InChI=1S/C14H24N2/c1-11-9-13(14(2,3)4)16(15-11)10-12-7-5-6-8-12/h9,12H,5-8,10H2,1-4H3. The molecule has 2 rings (SSSR count). The summed E-state index contributed by atoms with van der Waals surface area (Å²) < 4.78 is 2.26. The molecule has 0 bridgehead atoms. The summed E-state index contributed by atoms with van der Waals surface area (Å²) in [5.74, 6) is 0.861. The average Bonchev–Trinajstić information content (AvgIpc) is 2.74. The van der Waals surface area contributed by atoms with Crippen molar-refractivity contribution in [1.82, 2.24) is 9.78 Å². The Morgan fingerprint density at radius 3 is 2.50 bits per heavy atom. The number of rotatable bonds is 2. The molecule has 1 aromatic heterocycles. The van der Waals surface area contributed by atoms with Crippen LogP contribution in [0.4, 0.5) is 0 Å². The molecule has 0 spiro atoms. The predicted molar refractivity (Wildman–Crippen MR) is 67.6 cm³/mol. The molecule has 90 valence electrons. The van der Waals surface area contributed by atoms with Crippen LogP contribution in [0.2, 0.25) is 0 Å². The highest BCUT2D eigenvalue weighted by Crippen LogP contribution is 2.29. The SMILES string of the molecule is Cc1cc(C(C)(C)C)n(CC2CCCC2)n1. The Morgan fingerprint density at radius 2 is 1.94 bits per heavy atom. The first kappa shape index (κ1) is 11.7. The van der Waals surface area contributed by atoms with Crippen molar-refractivity contribution in [3.05, 3.63) is 17.5 Å². The molecule has 1 aliphatic carbocycles. The molecule has 0 aromatic carbocycles. The van der Waals surface area contributed by atoms with Gasteiger partial charge in [0.15, 0.2) is 0 Å². The summed E-state index contributed by atoms with van der Waals surface area (Å²) in [6.45, 7) is 10.0. The Labute approximate surface area is 99.0 Å². The highest BCUT2D eigenvalue weighted by molar-refractivity contribution is 5.17. The van der Waals surface area contributed by atoms with E-state index in [-0.39, 0.29) is 5.41 Å². The minimum atomic E-state index is 0.208. The van der Waals surface area contributed by atoms with Crippen molar-refractivity contribution in [3.8, 4) is 0 Å². The first-order valence-corrected chi connectivity index (χ1v) is 6.52. The first-order valence-electron chi connectivity index (χ1n) is 6.52. The Morgan fingerprint density at radius 1 is 1.31 bits per heavy atom. The topological polar surface area (TPSA) is 17.8 Å². The van der Waals surface area contributed by atoms with Gasteiger partial charge in [0.1, 0.15) is 0 Å². The molecule has 0 aliphatic heterocycles. The van der Waals surface area contributed by atoms with Crippen molar-refractivity contribution < 1.29 is 0 Å². The third kappa shape index (κ3) is 2.47. The molecule has 0 amide bonds. The Kier molecular flexibility index (Phi) is 3.09. The lowest BCUT2D eigenvalue weighted by Gasteiger charge is -2.21. The summed E-state index contributed by atoms with van der Waals surface area (Å²) in [6, 6.07) is 2.24. The number of aryl methyl sites for hydroxylation is 1. The van der Waals surface area contributed by atoms with E-state index in [1.165, 1.54) is 31.4 Å². The second kappa shape index (κ2) is 4.23. The summed E-state index contributed by atoms with van der Waals surface area (Å²) >= 11 is 0. The lowest BCUT2D eigenvalue weighted by Crippen LogP contribution is -2.20. The zero-order valence-corrected chi connectivity index (χ0v) is 11.1. The third-order valence-electron chi connectivity index (χ3n) is 3.58. The van der Waals surface area contributed by atoms with E-state index < -0.39 is 0 Å². The lowest BCUT2D eigenvalue weighted by atomic mass is 9.91. The molecule has 16 heavy (non-hydrogen) atoms. The molecule has 0 atom stereocenters. The van der Waals surface area contributed by atoms with Crippen LogP contribution in [0.5, 0.6) is 0 Å². The average molecular weight is 220 g/mol. The molecule has 1 saturated carbocycles. The summed E-state index contributed by atoms with van der Waals surface area (Å²) in [5.41, 5.74) is 2.75. The van der Waals surface area contributed by atoms with Gasteiger partial charge in [0, 0.05) is 17.7 Å². The fourth-order valence-corrected chi connectivity index (χ4v) is 2.73. The van der Waals surface area contributed by atoms with Gasteiger partial charge in [-0.1, -0.05) is 33.6 Å². The molecule has 0 N–H and O–H groups in total. The minimum Gasteiger partial charge on any atom is -0.269 e. The van der Waals surface area contributed by atoms with Crippen LogP contribution in [0.3, 0.4) is 0 Å². The molecular formula is C14H24N2. The van der Waals surface area contributed by atoms with Gasteiger partial charge in [-0.15, -0.1) is 0 Å². The van der Waals surface area contributed by atoms with Crippen LogP contribution in [0.15, 0.2) is 6.07 Å². The van der Waals surface area contributed by atoms with E-state index in [4.69, 9.17) is 0 Å².